The molecule has 1 saturated carbocycles. The van der Waals surface area contributed by atoms with E-state index in [2.05, 4.69) is 16.9 Å². The molecule has 1 aliphatic carbocycles. The third-order valence-electron chi connectivity index (χ3n) is 3.23. The van der Waals surface area contributed by atoms with Crippen molar-refractivity contribution in [2.75, 3.05) is 0 Å². The van der Waals surface area contributed by atoms with E-state index in [0.29, 0.717) is 5.92 Å². The van der Waals surface area contributed by atoms with Gasteiger partial charge >= 0.3 is 0 Å². The summed E-state index contributed by atoms with van der Waals surface area (Å²) in [6.07, 6.45) is 3.89. The van der Waals surface area contributed by atoms with E-state index in [4.69, 9.17) is 0 Å². The molecule has 0 radical (unpaired) electrons. The van der Waals surface area contributed by atoms with Gasteiger partial charge in [-0.15, -0.1) is 0 Å². The van der Waals surface area contributed by atoms with Crippen LogP contribution in [0.4, 0.5) is 0 Å². The van der Waals surface area contributed by atoms with Gasteiger partial charge in [-0.25, -0.2) is 4.98 Å². The SMILES string of the molecule is Cc1nc(C2CCC(O)CC2)[nH]c1C. The van der Waals surface area contributed by atoms with Crippen LogP contribution < -0.4 is 0 Å². The van der Waals surface area contributed by atoms with Crippen LogP contribution in [0.5, 0.6) is 0 Å². The second kappa shape index (κ2) is 3.73. The smallest absolute Gasteiger partial charge is 0.109 e. The van der Waals surface area contributed by atoms with Crippen LogP contribution in [0.25, 0.3) is 0 Å². The summed E-state index contributed by atoms with van der Waals surface area (Å²) in [4.78, 5) is 7.86. The summed E-state index contributed by atoms with van der Waals surface area (Å²) >= 11 is 0. The molecule has 0 saturated heterocycles. The van der Waals surface area contributed by atoms with Crippen molar-refractivity contribution in [3.05, 3.63) is 17.2 Å². The molecule has 78 valence electrons. The molecule has 1 aromatic heterocycles. The van der Waals surface area contributed by atoms with Crippen LogP contribution in [-0.2, 0) is 0 Å². The maximum atomic E-state index is 9.40. The Kier molecular flexibility index (Phi) is 2.59. The Balaban J connectivity index is 2.08. The van der Waals surface area contributed by atoms with Gasteiger partial charge in [-0.05, 0) is 39.5 Å². The lowest BCUT2D eigenvalue weighted by molar-refractivity contribution is 0.121. The number of nitrogens with one attached hydrogen (secondary N) is 1. The summed E-state index contributed by atoms with van der Waals surface area (Å²) in [5.41, 5.74) is 2.28. The van der Waals surface area contributed by atoms with Gasteiger partial charge in [0.15, 0.2) is 0 Å². The van der Waals surface area contributed by atoms with Crippen LogP contribution in [0.1, 0.15) is 48.8 Å². The Morgan fingerprint density at radius 1 is 1.21 bits per heavy atom. The van der Waals surface area contributed by atoms with Gasteiger partial charge in [0.25, 0.3) is 0 Å². The lowest BCUT2D eigenvalue weighted by Gasteiger charge is -2.23. The number of imidazole rings is 1. The molecule has 2 N–H and O–H groups in total. The monoisotopic (exact) mass is 194 g/mol. The van der Waals surface area contributed by atoms with Gasteiger partial charge in [0.2, 0.25) is 0 Å². The van der Waals surface area contributed by atoms with E-state index in [0.717, 1.165) is 37.2 Å². The van der Waals surface area contributed by atoms with Gasteiger partial charge in [-0.2, -0.15) is 0 Å². The first kappa shape index (κ1) is 9.71. The number of H-pyrrole nitrogens is 1. The molecule has 14 heavy (non-hydrogen) atoms. The zero-order valence-corrected chi connectivity index (χ0v) is 8.88. The number of aliphatic hydroxyl groups excluding tert-OH is 1. The Hall–Kier alpha value is -0.830. The summed E-state index contributed by atoms with van der Waals surface area (Å²) < 4.78 is 0. The molecule has 0 atom stereocenters. The lowest BCUT2D eigenvalue weighted by atomic mass is 9.87. The number of aliphatic hydroxyl groups is 1. The average molecular weight is 194 g/mol. The number of hydrogen-bond donors (Lipinski definition) is 2. The minimum absolute atomic E-state index is 0.0802. The summed E-state index contributed by atoms with van der Waals surface area (Å²) in [6, 6.07) is 0. The molecule has 1 heterocycles. The predicted octanol–water partition coefficient (Wildman–Crippen LogP) is 2.05. The van der Waals surface area contributed by atoms with Gasteiger partial charge in [0.05, 0.1) is 11.8 Å². The van der Waals surface area contributed by atoms with Crippen LogP contribution in [0.3, 0.4) is 0 Å². The molecule has 0 aromatic carbocycles. The fourth-order valence-electron chi connectivity index (χ4n) is 2.12. The van der Waals surface area contributed by atoms with Crippen molar-refractivity contribution in [2.24, 2.45) is 0 Å². The fourth-order valence-corrected chi connectivity index (χ4v) is 2.12. The number of aromatic nitrogens is 2. The van der Waals surface area contributed by atoms with Crippen LogP contribution in [0.15, 0.2) is 0 Å². The fraction of sp³-hybridized carbons (Fsp3) is 0.727. The van der Waals surface area contributed by atoms with E-state index in [9.17, 15) is 5.11 Å². The number of rotatable bonds is 1. The second-order valence-electron chi connectivity index (χ2n) is 4.34. The Labute approximate surface area is 84.6 Å². The standard InChI is InChI=1S/C11H18N2O/c1-7-8(2)13-11(12-7)9-3-5-10(14)6-4-9/h9-10,14H,3-6H2,1-2H3,(H,12,13). The molecule has 1 aliphatic rings. The van der Waals surface area contributed by atoms with Crippen molar-refractivity contribution >= 4 is 0 Å². The highest BCUT2D eigenvalue weighted by Crippen LogP contribution is 2.31. The van der Waals surface area contributed by atoms with Gasteiger partial charge in [-0.1, -0.05) is 0 Å². The topological polar surface area (TPSA) is 48.9 Å². The second-order valence-corrected chi connectivity index (χ2v) is 4.34. The Morgan fingerprint density at radius 3 is 2.36 bits per heavy atom. The number of aromatic amines is 1. The molecule has 3 nitrogen and oxygen atoms in total. The third kappa shape index (κ3) is 1.82. The molecule has 0 bridgehead atoms. The molecule has 1 fully saturated rings. The van der Waals surface area contributed by atoms with Crippen LogP contribution in [-0.4, -0.2) is 21.2 Å². The highest BCUT2D eigenvalue weighted by Gasteiger charge is 2.23. The van der Waals surface area contributed by atoms with Gasteiger partial charge in [0, 0.05) is 11.6 Å². The van der Waals surface area contributed by atoms with E-state index in [1.165, 1.54) is 5.69 Å². The van der Waals surface area contributed by atoms with Gasteiger partial charge < -0.3 is 10.1 Å². The van der Waals surface area contributed by atoms with Crippen molar-refractivity contribution in [3.8, 4) is 0 Å². The first-order valence-electron chi connectivity index (χ1n) is 5.38. The Morgan fingerprint density at radius 2 is 1.86 bits per heavy atom. The van der Waals surface area contributed by atoms with E-state index in [1.54, 1.807) is 0 Å². The van der Waals surface area contributed by atoms with Gasteiger partial charge in [-0.3, -0.25) is 0 Å². The summed E-state index contributed by atoms with van der Waals surface area (Å²) in [5.74, 6) is 1.65. The maximum absolute atomic E-state index is 9.40. The lowest BCUT2D eigenvalue weighted by Crippen LogP contribution is -2.17. The minimum atomic E-state index is -0.0802. The number of aryl methyl sites for hydroxylation is 2. The summed E-state index contributed by atoms with van der Waals surface area (Å²) in [7, 11) is 0. The quantitative estimate of drug-likeness (QED) is 0.718. The van der Waals surface area contributed by atoms with Crippen molar-refractivity contribution in [3.63, 3.8) is 0 Å². The first-order valence-corrected chi connectivity index (χ1v) is 5.38. The molecule has 0 amide bonds. The molecule has 1 aromatic rings. The molecule has 0 aliphatic heterocycles. The summed E-state index contributed by atoms with van der Waals surface area (Å²) in [5, 5.41) is 9.40. The number of nitrogens with zero attached hydrogens (tertiary/aromatic N) is 1. The predicted molar refractivity (Wildman–Crippen MR) is 55.3 cm³/mol. The van der Waals surface area contributed by atoms with Crippen LogP contribution in [0, 0.1) is 13.8 Å². The minimum Gasteiger partial charge on any atom is -0.393 e. The molecule has 0 spiro atoms. The van der Waals surface area contributed by atoms with E-state index in [-0.39, 0.29) is 6.10 Å². The third-order valence-corrected chi connectivity index (χ3v) is 3.23. The molecular formula is C11H18N2O. The molecule has 2 rings (SSSR count). The molecule has 0 unspecified atom stereocenters. The normalized spacial score (nSPS) is 27.9. The van der Waals surface area contributed by atoms with Crippen molar-refractivity contribution in [2.45, 2.75) is 51.6 Å². The van der Waals surface area contributed by atoms with E-state index >= 15 is 0 Å². The number of hydrogen-bond acceptors (Lipinski definition) is 2. The maximum Gasteiger partial charge on any atom is 0.109 e. The van der Waals surface area contributed by atoms with Crippen molar-refractivity contribution < 1.29 is 5.11 Å². The average Bonchev–Trinajstić information content (AvgIpc) is 2.48. The Bertz CT molecular complexity index is 292. The van der Waals surface area contributed by atoms with Crippen LogP contribution >= 0.6 is 0 Å². The summed E-state index contributed by atoms with van der Waals surface area (Å²) in [6.45, 7) is 4.09. The zero-order chi connectivity index (χ0) is 10.1. The van der Waals surface area contributed by atoms with E-state index in [1.807, 2.05) is 6.92 Å². The highest BCUT2D eigenvalue weighted by atomic mass is 16.3. The van der Waals surface area contributed by atoms with E-state index < -0.39 is 0 Å². The highest BCUT2D eigenvalue weighted by molar-refractivity contribution is 5.13. The first-order chi connectivity index (χ1) is 6.66. The van der Waals surface area contributed by atoms with Crippen LogP contribution in [0.2, 0.25) is 0 Å². The molecular weight excluding hydrogens is 176 g/mol. The van der Waals surface area contributed by atoms with Crippen molar-refractivity contribution in [1.82, 2.24) is 9.97 Å². The van der Waals surface area contributed by atoms with Gasteiger partial charge in [0.1, 0.15) is 5.82 Å². The molecule has 3 heteroatoms. The largest absolute Gasteiger partial charge is 0.393 e. The zero-order valence-electron chi connectivity index (χ0n) is 8.88. The van der Waals surface area contributed by atoms with Crippen molar-refractivity contribution in [1.29, 1.82) is 0 Å².